The van der Waals surface area contributed by atoms with Crippen molar-refractivity contribution in [2.24, 2.45) is 5.92 Å². The Kier molecular flexibility index (Phi) is 13.7. The normalized spacial score (nSPS) is 12.3. The summed E-state index contributed by atoms with van der Waals surface area (Å²) in [6, 6.07) is 16.2. The molecule has 1 heterocycles. The highest BCUT2D eigenvalue weighted by molar-refractivity contribution is 5.99. The van der Waals surface area contributed by atoms with Crippen LogP contribution in [0.2, 0.25) is 0 Å². The lowest BCUT2D eigenvalue weighted by atomic mass is 10.0. The molecule has 0 aliphatic heterocycles. The number of Topliss-reactive ketones (excluding diaryl/α,β-unsaturated/α-hetero) is 1. The van der Waals surface area contributed by atoms with Gasteiger partial charge in [0.05, 0.1) is 31.8 Å². The number of ether oxygens (including phenoxy) is 2. The van der Waals surface area contributed by atoms with E-state index < -0.39 is 23.9 Å². The zero-order valence-electron chi connectivity index (χ0n) is 27.5. The summed E-state index contributed by atoms with van der Waals surface area (Å²) in [4.78, 5) is 58.2. The Hall–Kier alpha value is -4.77. The number of ketones is 1. The molecule has 3 aromatic rings. The van der Waals surface area contributed by atoms with Crippen LogP contribution in [0.3, 0.4) is 0 Å². The number of carbonyl (C=O) groups is 4. The van der Waals surface area contributed by atoms with Crippen LogP contribution in [-0.4, -0.2) is 86.4 Å². The molecule has 1 aromatic heterocycles. The van der Waals surface area contributed by atoms with Gasteiger partial charge in [-0.2, -0.15) is 0 Å². The number of methoxy groups -OCH3 is 1. The van der Waals surface area contributed by atoms with E-state index in [0.717, 1.165) is 16.8 Å². The van der Waals surface area contributed by atoms with Crippen molar-refractivity contribution in [1.29, 1.82) is 0 Å². The topological polar surface area (TPSA) is 139 Å². The quantitative estimate of drug-likeness (QED) is 0.206. The summed E-state index contributed by atoms with van der Waals surface area (Å²) in [5.74, 6) is -0.643. The second-order valence-corrected chi connectivity index (χ2v) is 11.7. The minimum atomic E-state index is -0.885. The number of aromatic nitrogens is 1. The van der Waals surface area contributed by atoms with Crippen LogP contribution in [0.25, 0.3) is 11.3 Å². The Balaban J connectivity index is 1.56. The van der Waals surface area contributed by atoms with Gasteiger partial charge in [-0.3, -0.25) is 24.2 Å². The maximum atomic E-state index is 13.2. The van der Waals surface area contributed by atoms with Crippen LogP contribution in [0, 0.1) is 5.92 Å². The lowest BCUT2D eigenvalue weighted by Crippen LogP contribution is -2.52. The van der Waals surface area contributed by atoms with E-state index in [1.165, 1.54) is 7.11 Å². The first kappa shape index (κ1) is 35.7. The molecule has 2 atom stereocenters. The van der Waals surface area contributed by atoms with Crippen molar-refractivity contribution in [2.45, 2.75) is 45.7 Å². The first-order chi connectivity index (χ1) is 22.0. The monoisotopic (exact) mass is 631 g/mol. The van der Waals surface area contributed by atoms with E-state index >= 15 is 0 Å². The molecular formula is C35H45N5O6. The maximum absolute atomic E-state index is 13.2. The van der Waals surface area contributed by atoms with Crippen molar-refractivity contribution < 1.29 is 28.7 Å². The van der Waals surface area contributed by atoms with Gasteiger partial charge in [-0.25, -0.2) is 0 Å². The molecule has 2 unspecified atom stereocenters. The van der Waals surface area contributed by atoms with Gasteiger partial charge in [0.25, 0.3) is 5.91 Å². The lowest BCUT2D eigenvalue weighted by molar-refractivity contribution is -0.129. The number of nitrogens with zero attached hydrogens (tertiary/aromatic N) is 2. The van der Waals surface area contributed by atoms with Crippen molar-refractivity contribution in [3.05, 3.63) is 78.0 Å². The van der Waals surface area contributed by atoms with Crippen LogP contribution in [0.4, 0.5) is 0 Å². The third kappa shape index (κ3) is 11.3. The number of nitrogens with one attached hydrogen (secondary N) is 3. The first-order valence-corrected chi connectivity index (χ1v) is 15.3. The molecule has 246 valence electrons. The van der Waals surface area contributed by atoms with Gasteiger partial charge in [0.2, 0.25) is 11.8 Å². The van der Waals surface area contributed by atoms with E-state index in [1.807, 2.05) is 75.3 Å². The van der Waals surface area contributed by atoms with Crippen molar-refractivity contribution in [3.63, 3.8) is 0 Å². The molecule has 3 amide bonds. The third-order valence-electron chi connectivity index (χ3n) is 7.10. The van der Waals surface area contributed by atoms with E-state index in [4.69, 9.17) is 9.47 Å². The van der Waals surface area contributed by atoms with Gasteiger partial charge in [-0.05, 0) is 75.3 Å². The molecule has 0 spiro atoms. The number of benzene rings is 2. The molecule has 0 aliphatic carbocycles. The highest BCUT2D eigenvalue weighted by Gasteiger charge is 2.26. The Bertz CT molecular complexity index is 1480. The number of hydrogen-bond acceptors (Lipinski definition) is 8. The van der Waals surface area contributed by atoms with E-state index in [-0.39, 0.29) is 30.6 Å². The number of hydrogen-bond donors (Lipinski definition) is 3. The summed E-state index contributed by atoms with van der Waals surface area (Å²) in [7, 11) is 5.38. The van der Waals surface area contributed by atoms with Gasteiger partial charge in [-0.15, -0.1) is 0 Å². The maximum Gasteiger partial charge on any atom is 0.252 e. The molecule has 0 radical (unpaired) electrons. The number of rotatable bonds is 17. The smallest absolute Gasteiger partial charge is 0.252 e. The molecular weight excluding hydrogens is 586 g/mol. The standard InChI is InChI=1S/C35H45N5O6/c1-23(2)18-29(39-34(43)27-13-14-31(45-6)32(21-27)46-17-16-40(4)5)35(44)38-24(3)30(41)22-37-33(42)20-25-10-9-11-26(19-25)28-12-7-8-15-36-28/h7-15,19,21,23-24,29H,16-18,20,22H2,1-6H3,(H,37,42)(H,38,44)(H,39,43). The Morgan fingerprint density at radius 1 is 0.913 bits per heavy atom. The molecule has 0 aliphatic rings. The number of likely N-dealkylation sites (N-methyl/N-ethyl adjacent to an activating group) is 1. The minimum Gasteiger partial charge on any atom is -0.493 e. The zero-order valence-corrected chi connectivity index (χ0v) is 27.5. The van der Waals surface area contributed by atoms with E-state index in [9.17, 15) is 19.2 Å². The molecule has 3 N–H and O–H groups in total. The number of amides is 3. The van der Waals surface area contributed by atoms with Crippen LogP contribution in [0.1, 0.15) is 43.1 Å². The van der Waals surface area contributed by atoms with Crippen molar-refractivity contribution >= 4 is 23.5 Å². The molecule has 0 bridgehead atoms. The average Bonchev–Trinajstić information content (AvgIpc) is 3.03. The molecule has 2 aromatic carbocycles. The first-order valence-electron chi connectivity index (χ1n) is 15.3. The summed E-state index contributed by atoms with van der Waals surface area (Å²) in [5, 5.41) is 8.14. The fourth-order valence-electron chi connectivity index (χ4n) is 4.57. The summed E-state index contributed by atoms with van der Waals surface area (Å²) in [6.45, 7) is 6.26. The molecule has 46 heavy (non-hydrogen) atoms. The summed E-state index contributed by atoms with van der Waals surface area (Å²) >= 11 is 0. The molecule has 3 rings (SSSR count). The molecule has 0 saturated heterocycles. The van der Waals surface area contributed by atoms with Crippen LogP contribution >= 0.6 is 0 Å². The molecule has 11 nitrogen and oxygen atoms in total. The average molecular weight is 632 g/mol. The molecule has 11 heteroatoms. The van der Waals surface area contributed by atoms with Crippen LogP contribution < -0.4 is 25.4 Å². The van der Waals surface area contributed by atoms with E-state index in [2.05, 4.69) is 20.9 Å². The summed E-state index contributed by atoms with van der Waals surface area (Å²) < 4.78 is 11.2. The van der Waals surface area contributed by atoms with Crippen molar-refractivity contribution in [1.82, 2.24) is 25.8 Å². The van der Waals surface area contributed by atoms with Gasteiger partial charge < -0.3 is 30.3 Å². The summed E-state index contributed by atoms with van der Waals surface area (Å²) in [5.41, 5.74) is 2.78. The minimum absolute atomic E-state index is 0.0818. The number of pyridine rings is 1. The Labute approximate surface area is 271 Å². The number of carbonyl (C=O) groups excluding carboxylic acids is 4. The van der Waals surface area contributed by atoms with Gasteiger partial charge in [0, 0.05) is 23.9 Å². The van der Waals surface area contributed by atoms with Gasteiger partial charge >= 0.3 is 0 Å². The lowest BCUT2D eigenvalue weighted by Gasteiger charge is -2.23. The molecule has 0 fully saturated rings. The van der Waals surface area contributed by atoms with Crippen molar-refractivity contribution in [3.8, 4) is 22.8 Å². The fraction of sp³-hybridized carbons (Fsp3) is 0.400. The SMILES string of the molecule is COc1ccc(C(=O)NC(CC(C)C)C(=O)NC(C)C(=O)CNC(=O)Cc2cccc(-c3ccccn3)c2)cc1OCCN(C)C. The van der Waals surface area contributed by atoms with E-state index in [1.54, 1.807) is 31.3 Å². The Morgan fingerprint density at radius 2 is 1.70 bits per heavy atom. The second-order valence-electron chi connectivity index (χ2n) is 11.7. The van der Waals surface area contributed by atoms with Crippen LogP contribution in [0.15, 0.2) is 66.9 Å². The fourth-order valence-corrected chi connectivity index (χ4v) is 4.57. The largest absolute Gasteiger partial charge is 0.493 e. The van der Waals surface area contributed by atoms with E-state index in [0.29, 0.717) is 36.6 Å². The van der Waals surface area contributed by atoms with Gasteiger partial charge in [0.15, 0.2) is 17.3 Å². The third-order valence-corrected chi connectivity index (χ3v) is 7.10. The highest BCUT2D eigenvalue weighted by Crippen LogP contribution is 2.28. The zero-order chi connectivity index (χ0) is 33.6. The second kappa shape index (κ2) is 17.6. The highest BCUT2D eigenvalue weighted by atomic mass is 16.5. The predicted molar refractivity (Wildman–Crippen MR) is 177 cm³/mol. The van der Waals surface area contributed by atoms with Crippen molar-refractivity contribution in [2.75, 3.05) is 40.9 Å². The van der Waals surface area contributed by atoms with Crippen LogP contribution in [0.5, 0.6) is 11.5 Å². The van der Waals surface area contributed by atoms with Crippen LogP contribution in [-0.2, 0) is 20.8 Å². The van der Waals surface area contributed by atoms with Gasteiger partial charge in [0.1, 0.15) is 12.6 Å². The summed E-state index contributed by atoms with van der Waals surface area (Å²) in [6.07, 6.45) is 2.15. The molecule has 0 saturated carbocycles. The van der Waals surface area contributed by atoms with Gasteiger partial charge in [-0.1, -0.05) is 38.1 Å². The predicted octanol–water partition coefficient (Wildman–Crippen LogP) is 3.27. The Morgan fingerprint density at radius 3 is 2.37 bits per heavy atom.